The van der Waals surface area contributed by atoms with Gasteiger partial charge in [-0.1, -0.05) is 45.4 Å². The van der Waals surface area contributed by atoms with Crippen molar-refractivity contribution in [1.29, 1.82) is 0 Å². The number of hydrogen-bond donors (Lipinski definition) is 0. The molecule has 0 aliphatic heterocycles. The van der Waals surface area contributed by atoms with Crippen molar-refractivity contribution in [3.8, 4) is 5.69 Å². The monoisotopic (exact) mass is 307 g/mol. The molecule has 0 saturated carbocycles. The molecule has 1 aromatic heterocycles. The number of hydrogen-bond acceptors (Lipinski definition) is 3. The van der Waals surface area contributed by atoms with Gasteiger partial charge in [-0.05, 0) is 35.7 Å². The van der Waals surface area contributed by atoms with E-state index < -0.39 is 9.86 Å². The van der Waals surface area contributed by atoms with E-state index in [0.717, 1.165) is 21.9 Å². The van der Waals surface area contributed by atoms with Gasteiger partial charge in [0.2, 0.25) is 5.16 Å². The van der Waals surface area contributed by atoms with E-state index in [0.29, 0.717) is 5.69 Å². The molecule has 0 N–H and O–H groups in total. The lowest BCUT2D eigenvalue weighted by Gasteiger charge is -2.05. The summed E-state index contributed by atoms with van der Waals surface area (Å²) in [6.45, 7) is 1.91. The molecular formula is C10H8Cl2FN3OS. The summed E-state index contributed by atoms with van der Waals surface area (Å²) in [4.78, 5) is 11.4. The van der Waals surface area contributed by atoms with Gasteiger partial charge in [0.25, 0.3) is 0 Å². The molecule has 0 amide bonds. The van der Waals surface area contributed by atoms with Crippen molar-refractivity contribution in [2.75, 3.05) is 0 Å². The van der Waals surface area contributed by atoms with Gasteiger partial charge in [-0.15, -0.1) is 5.10 Å². The molecule has 0 fully saturated rings. The molecule has 8 heteroatoms. The molecule has 0 atom stereocenters. The van der Waals surface area contributed by atoms with Crippen LogP contribution in [-0.4, -0.2) is 18.7 Å². The van der Waals surface area contributed by atoms with Gasteiger partial charge < -0.3 is 0 Å². The number of aryl methyl sites for hydroxylation is 1. The Labute approximate surface area is 116 Å². The van der Waals surface area contributed by atoms with Gasteiger partial charge >= 0.3 is 5.69 Å². The Morgan fingerprint density at radius 1 is 1.33 bits per heavy atom. The van der Waals surface area contributed by atoms with Crippen LogP contribution in [0.25, 0.3) is 5.69 Å². The van der Waals surface area contributed by atoms with E-state index in [1.165, 1.54) is 0 Å². The molecule has 0 aliphatic rings. The normalized spacial score (nSPS) is 11.2. The molecular weight excluding hydrogens is 300 g/mol. The first-order chi connectivity index (χ1) is 8.49. The van der Waals surface area contributed by atoms with E-state index >= 15 is 0 Å². The minimum atomic E-state index is -0.893. The van der Waals surface area contributed by atoms with Crippen molar-refractivity contribution in [2.45, 2.75) is 16.2 Å². The summed E-state index contributed by atoms with van der Waals surface area (Å²) in [7, 11) is 0. The molecule has 0 saturated heterocycles. The zero-order chi connectivity index (χ0) is 13.3. The lowest BCUT2D eigenvalue weighted by Crippen LogP contribution is -2.19. The van der Waals surface area contributed by atoms with E-state index in [1.54, 1.807) is 12.1 Å². The van der Waals surface area contributed by atoms with Crippen LogP contribution in [0.3, 0.4) is 0 Å². The van der Waals surface area contributed by atoms with Gasteiger partial charge in [0.15, 0.2) is 4.17 Å². The van der Waals surface area contributed by atoms with E-state index in [9.17, 15) is 9.28 Å². The Kier molecular flexibility index (Phi) is 3.99. The highest BCUT2D eigenvalue weighted by Crippen LogP contribution is 2.27. The highest BCUT2D eigenvalue weighted by Gasteiger charge is 2.17. The molecule has 2 rings (SSSR count). The molecule has 18 heavy (non-hydrogen) atoms. The van der Waals surface area contributed by atoms with Gasteiger partial charge in [-0.2, -0.15) is 0 Å². The van der Waals surface area contributed by atoms with Crippen molar-refractivity contribution in [1.82, 2.24) is 14.6 Å². The summed E-state index contributed by atoms with van der Waals surface area (Å²) in [6.07, 6.45) is 0. The van der Waals surface area contributed by atoms with Gasteiger partial charge in [0.1, 0.15) is 0 Å². The maximum absolute atomic E-state index is 13.2. The predicted molar refractivity (Wildman–Crippen MR) is 70.4 cm³/mol. The van der Waals surface area contributed by atoms with Crippen molar-refractivity contribution >= 4 is 35.0 Å². The predicted octanol–water partition coefficient (Wildman–Crippen LogP) is 2.93. The molecule has 0 unspecified atom stereocenters. The van der Waals surface area contributed by atoms with Crippen LogP contribution in [0.2, 0.25) is 0 Å². The van der Waals surface area contributed by atoms with Gasteiger partial charge in [0.05, 0.1) is 5.69 Å². The molecule has 1 aromatic carbocycles. The van der Waals surface area contributed by atoms with Gasteiger partial charge in [-0.25, -0.2) is 9.36 Å². The fourth-order valence-corrected chi connectivity index (χ4v) is 2.44. The highest BCUT2D eigenvalue weighted by atomic mass is 35.5. The number of thioether (sulfide) groups is 1. The minimum absolute atomic E-state index is 0.0985. The first-order valence-corrected chi connectivity index (χ1v) is 6.64. The van der Waals surface area contributed by atoms with Crippen LogP contribution in [0, 0.1) is 6.92 Å². The smallest absolute Gasteiger partial charge is 0.243 e. The van der Waals surface area contributed by atoms with Crippen molar-refractivity contribution in [3.05, 3.63) is 40.3 Å². The summed E-state index contributed by atoms with van der Waals surface area (Å²) in [5, 5.41) is 3.54. The van der Waals surface area contributed by atoms with E-state index in [1.807, 2.05) is 19.1 Å². The van der Waals surface area contributed by atoms with Crippen LogP contribution in [0.4, 0.5) is 4.48 Å². The molecule has 96 valence electrons. The first kappa shape index (κ1) is 13.5. The fourth-order valence-electron chi connectivity index (χ4n) is 1.40. The summed E-state index contributed by atoms with van der Waals surface area (Å²) >= 11 is 12.1. The van der Waals surface area contributed by atoms with E-state index in [-0.39, 0.29) is 10.1 Å². The first-order valence-electron chi connectivity index (χ1n) is 4.89. The molecule has 0 aliphatic carbocycles. The Morgan fingerprint density at radius 3 is 2.50 bits per heavy atom. The number of aromatic nitrogens is 3. The number of halogens is 3. The zero-order valence-electron chi connectivity index (χ0n) is 9.18. The van der Waals surface area contributed by atoms with Crippen LogP contribution in [0.15, 0.2) is 34.2 Å². The largest absolute Gasteiger partial charge is 0.380 e. The fraction of sp³-hybridized carbons (Fsp3) is 0.200. The molecule has 0 radical (unpaired) electrons. The van der Waals surface area contributed by atoms with Crippen LogP contribution < -0.4 is 5.69 Å². The van der Waals surface area contributed by atoms with Crippen molar-refractivity contribution in [3.63, 3.8) is 0 Å². The molecule has 2 aromatic rings. The maximum Gasteiger partial charge on any atom is 0.380 e. The maximum atomic E-state index is 13.2. The average Bonchev–Trinajstić information content (AvgIpc) is 2.55. The second kappa shape index (κ2) is 5.34. The second-order valence-corrected chi connectivity index (χ2v) is 6.16. The molecule has 0 spiro atoms. The Morgan fingerprint density at radius 2 is 1.94 bits per heavy atom. The summed E-state index contributed by atoms with van der Waals surface area (Å²) in [5.41, 5.74) is 0.641. The van der Waals surface area contributed by atoms with Crippen LogP contribution in [-0.2, 0) is 0 Å². The second-order valence-electron chi connectivity index (χ2n) is 3.47. The lowest BCUT2D eigenvalue weighted by atomic mass is 10.2. The van der Waals surface area contributed by atoms with Gasteiger partial charge in [-0.3, -0.25) is 0 Å². The van der Waals surface area contributed by atoms with Gasteiger partial charge in [0, 0.05) is 0 Å². The van der Waals surface area contributed by atoms with E-state index in [2.05, 4.69) is 5.10 Å². The van der Waals surface area contributed by atoms with Crippen LogP contribution in [0.1, 0.15) is 5.56 Å². The zero-order valence-corrected chi connectivity index (χ0v) is 11.5. The lowest BCUT2D eigenvalue weighted by molar-refractivity contribution is 0.296. The molecule has 1 heterocycles. The topological polar surface area (TPSA) is 39.8 Å². The van der Waals surface area contributed by atoms with Crippen LogP contribution in [0.5, 0.6) is 0 Å². The third-order valence-corrected chi connectivity index (χ3v) is 3.39. The Balaban J connectivity index is 2.55. The SMILES string of the molecule is Cc1ccc(-n2c(SC(Cl)Cl)nn(F)c2=O)cc1. The number of benzene rings is 1. The Bertz CT molecular complexity index is 609. The highest BCUT2D eigenvalue weighted by molar-refractivity contribution is 8.02. The summed E-state index contributed by atoms with van der Waals surface area (Å²) < 4.78 is 13.5. The van der Waals surface area contributed by atoms with Crippen molar-refractivity contribution in [2.24, 2.45) is 0 Å². The summed E-state index contributed by atoms with van der Waals surface area (Å²) in [5.74, 6) is 0. The average molecular weight is 308 g/mol. The third-order valence-electron chi connectivity index (χ3n) is 2.20. The summed E-state index contributed by atoms with van der Waals surface area (Å²) in [6, 6.07) is 7.01. The number of alkyl halides is 2. The number of rotatable bonds is 3. The quantitative estimate of drug-likeness (QED) is 0.646. The third kappa shape index (κ3) is 2.71. The number of nitrogens with zero attached hydrogens (tertiary/aromatic N) is 3. The minimum Gasteiger partial charge on any atom is -0.243 e. The standard InChI is InChI=1S/C10H8Cl2FN3OS/c1-6-2-4-7(5-3-6)15-9(18-8(11)12)14-16(13)10(15)17/h2-5,8H,1H3. The Hall–Kier alpha value is -0.980. The van der Waals surface area contributed by atoms with Crippen molar-refractivity contribution < 1.29 is 4.48 Å². The molecule has 0 bridgehead atoms. The molecule has 4 nitrogen and oxygen atoms in total. The van der Waals surface area contributed by atoms with E-state index in [4.69, 9.17) is 23.2 Å². The van der Waals surface area contributed by atoms with Crippen LogP contribution >= 0.6 is 35.0 Å².